The number of nitrogens with zero attached hydrogens (tertiary/aromatic N) is 1. The Hall–Kier alpha value is -1.09. The van der Waals surface area contributed by atoms with Crippen LogP contribution in [0.4, 0.5) is 5.69 Å². The second kappa shape index (κ2) is 4.65. The highest BCUT2D eigenvalue weighted by Gasteiger charge is 2.28. The van der Waals surface area contributed by atoms with E-state index in [0.717, 1.165) is 36.5 Å². The Kier molecular flexibility index (Phi) is 3.38. The van der Waals surface area contributed by atoms with Crippen molar-refractivity contribution in [1.82, 2.24) is 4.98 Å². The van der Waals surface area contributed by atoms with Gasteiger partial charge < -0.3 is 10.1 Å². The molecule has 1 N–H and O–H groups in total. The summed E-state index contributed by atoms with van der Waals surface area (Å²) in [7, 11) is 0. The Morgan fingerprint density at radius 3 is 2.76 bits per heavy atom. The summed E-state index contributed by atoms with van der Waals surface area (Å²) in [5, 5.41) is 3.59. The highest BCUT2D eigenvalue weighted by Crippen LogP contribution is 2.27. The summed E-state index contributed by atoms with van der Waals surface area (Å²) >= 11 is 0. The highest BCUT2D eigenvalue weighted by atomic mass is 16.5. The summed E-state index contributed by atoms with van der Waals surface area (Å²) in [6.45, 7) is 9.22. The first-order valence-electron chi connectivity index (χ1n) is 6.31. The zero-order valence-electron chi connectivity index (χ0n) is 11.2. The van der Waals surface area contributed by atoms with Crippen LogP contribution in [0, 0.1) is 13.8 Å². The Morgan fingerprint density at radius 1 is 1.35 bits per heavy atom. The molecule has 0 amide bonds. The molecule has 1 atom stereocenters. The number of pyridine rings is 1. The summed E-state index contributed by atoms with van der Waals surface area (Å²) in [5.41, 5.74) is 3.29. The van der Waals surface area contributed by atoms with Crippen molar-refractivity contribution in [3.8, 4) is 0 Å². The van der Waals surface area contributed by atoms with Gasteiger partial charge in [-0.05, 0) is 52.7 Å². The molecule has 1 saturated heterocycles. The minimum absolute atomic E-state index is 0.0120. The molecule has 0 bridgehead atoms. The van der Waals surface area contributed by atoms with Crippen molar-refractivity contribution in [2.45, 2.75) is 52.2 Å². The number of aromatic nitrogens is 1. The van der Waals surface area contributed by atoms with Gasteiger partial charge in [0, 0.05) is 18.3 Å². The first kappa shape index (κ1) is 12.4. The van der Waals surface area contributed by atoms with Gasteiger partial charge >= 0.3 is 0 Å². The Labute approximate surface area is 104 Å². The van der Waals surface area contributed by atoms with Gasteiger partial charge in [0.25, 0.3) is 0 Å². The molecular weight excluding hydrogens is 212 g/mol. The van der Waals surface area contributed by atoms with Crippen LogP contribution in [-0.2, 0) is 4.74 Å². The number of rotatable bonds is 2. The largest absolute Gasteiger partial charge is 0.381 e. The van der Waals surface area contributed by atoms with Gasteiger partial charge in [0.1, 0.15) is 0 Å². The van der Waals surface area contributed by atoms with E-state index in [0.29, 0.717) is 6.04 Å². The molecule has 0 spiro atoms. The third-order valence-corrected chi connectivity index (χ3v) is 3.28. The Morgan fingerprint density at radius 2 is 2.12 bits per heavy atom. The van der Waals surface area contributed by atoms with Crippen LogP contribution in [0.1, 0.15) is 38.1 Å². The fraction of sp³-hybridized carbons (Fsp3) is 0.643. The van der Waals surface area contributed by atoms with Crippen molar-refractivity contribution in [1.29, 1.82) is 0 Å². The van der Waals surface area contributed by atoms with Gasteiger partial charge in [-0.2, -0.15) is 0 Å². The molecule has 1 fully saturated rings. The van der Waals surface area contributed by atoms with E-state index >= 15 is 0 Å². The highest BCUT2D eigenvalue weighted by molar-refractivity contribution is 5.48. The number of hydrogen-bond donors (Lipinski definition) is 1. The van der Waals surface area contributed by atoms with Crippen LogP contribution in [0.15, 0.2) is 12.1 Å². The molecule has 2 rings (SSSR count). The van der Waals surface area contributed by atoms with E-state index < -0.39 is 0 Å². The van der Waals surface area contributed by atoms with Crippen LogP contribution >= 0.6 is 0 Å². The van der Waals surface area contributed by atoms with E-state index in [1.54, 1.807) is 0 Å². The van der Waals surface area contributed by atoms with Gasteiger partial charge in [0.2, 0.25) is 0 Å². The maximum Gasteiger partial charge on any atom is 0.0646 e. The lowest BCUT2D eigenvalue weighted by molar-refractivity contribution is -0.0553. The van der Waals surface area contributed by atoms with Gasteiger partial charge in [-0.3, -0.25) is 4.98 Å². The first-order chi connectivity index (χ1) is 7.96. The van der Waals surface area contributed by atoms with E-state index in [9.17, 15) is 0 Å². The molecule has 1 unspecified atom stereocenters. The zero-order valence-corrected chi connectivity index (χ0v) is 11.2. The van der Waals surface area contributed by atoms with Crippen LogP contribution in [-0.4, -0.2) is 23.2 Å². The standard InChI is InChI=1S/C14H22N2O/c1-10-5-6-13(11(2)15-10)16-12-7-8-17-14(3,4)9-12/h5-6,12,16H,7-9H2,1-4H3. The predicted molar refractivity (Wildman–Crippen MR) is 70.4 cm³/mol. The second-order valence-electron chi connectivity index (χ2n) is 5.53. The van der Waals surface area contributed by atoms with Gasteiger partial charge in [-0.15, -0.1) is 0 Å². The Bertz CT molecular complexity index is 401. The van der Waals surface area contributed by atoms with Crippen molar-refractivity contribution in [2.75, 3.05) is 11.9 Å². The van der Waals surface area contributed by atoms with Crippen molar-refractivity contribution in [3.05, 3.63) is 23.5 Å². The molecule has 0 saturated carbocycles. The van der Waals surface area contributed by atoms with Gasteiger partial charge in [0.05, 0.1) is 17.0 Å². The topological polar surface area (TPSA) is 34.1 Å². The molecule has 1 aliphatic heterocycles. The van der Waals surface area contributed by atoms with Gasteiger partial charge in [-0.25, -0.2) is 0 Å². The van der Waals surface area contributed by atoms with Crippen LogP contribution < -0.4 is 5.32 Å². The summed E-state index contributed by atoms with van der Waals surface area (Å²) in [6.07, 6.45) is 2.11. The Balaban J connectivity index is 2.05. The van der Waals surface area contributed by atoms with Crippen LogP contribution in [0.3, 0.4) is 0 Å². The van der Waals surface area contributed by atoms with Crippen molar-refractivity contribution < 1.29 is 4.74 Å². The monoisotopic (exact) mass is 234 g/mol. The number of ether oxygens (including phenoxy) is 1. The first-order valence-corrected chi connectivity index (χ1v) is 6.31. The summed E-state index contributed by atoms with van der Waals surface area (Å²) < 4.78 is 5.73. The fourth-order valence-corrected chi connectivity index (χ4v) is 2.41. The lowest BCUT2D eigenvalue weighted by atomic mass is 9.94. The molecule has 0 aromatic carbocycles. The SMILES string of the molecule is Cc1ccc(NC2CCOC(C)(C)C2)c(C)n1. The third kappa shape index (κ3) is 3.19. The van der Waals surface area contributed by atoms with Crippen LogP contribution in [0.25, 0.3) is 0 Å². The van der Waals surface area contributed by atoms with Crippen molar-refractivity contribution in [3.63, 3.8) is 0 Å². The maximum absolute atomic E-state index is 5.73. The molecule has 2 heterocycles. The minimum Gasteiger partial charge on any atom is -0.381 e. The van der Waals surface area contributed by atoms with Crippen LogP contribution in [0.5, 0.6) is 0 Å². The number of aryl methyl sites for hydroxylation is 2. The lowest BCUT2D eigenvalue weighted by Gasteiger charge is -2.36. The molecule has 1 aliphatic rings. The van der Waals surface area contributed by atoms with Crippen LogP contribution in [0.2, 0.25) is 0 Å². The van der Waals surface area contributed by atoms with Gasteiger partial charge in [0.15, 0.2) is 0 Å². The maximum atomic E-state index is 5.73. The predicted octanol–water partition coefficient (Wildman–Crippen LogP) is 3.07. The molecule has 94 valence electrons. The quantitative estimate of drug-likeness (QED) is 0.854. The number of anilines is 1. The average Bonchev–Trinajstić information content (AvgIpc) is 2.21. The summed E-state index contributed by atoms with van der Waals surface area (Å²) in [5.74, 6) is 0. The zero-order chi connectivity index (χ0) is 12.5. The van der Waals surface area contributed by atoms with E-state index in [1.807, 2.05) is 6.92 Å². The van der Waals surface area contributed by atoms with E-state index in [1.165, 1.54) is 0 Å². The number of hydrogen-bond acceptors (Lipinski definition) is 3. The molecule has 0 aliphatic carbocycles. The molecule has 1 aromatic rings. The van der Waals surface area contributed by atoms with Gasteiger partial charge in [-0.1, -0.05) is 0 Å². The molecule has 3 nitrogen and oxygen atoms in total. The van der Waals surface area contributed by atoms with E-state index in [4.69, 9.17) is 4.74 Å². The molecule has 1 aromatic heterocycles. The minimum atomic E-state index is -0.0120. The fourth-order valence-electron chi connectivity index (χ4n) is 2.41. The smallest absolute Gasteiger partial charge is 0.0646 e. The summed E-state index contributed by atoms with van der Waals surface area (Å²) in [6, 6.07) is 4.67. The van der Waals surface area contributed by atoms with E-state index in [2.05, 4.69) is 43.2 Å². The molecule has 0 radical (unpaired) electrons. The lowest BCUT2D eigenvalue weighted by Crippen LogP contribution is -2.40. The average molecular weight is 234 g/mol. The second-order valence-corrected chi connectivity index (χ2v) is 5.53. The molecule has 17 heavy (non-hydrogen) atoms. The molecular formula is C14H22N2O. The van der Waals surface area contributed by atoms with Crippen molar-refractivity contribution in [2.24, 2.45) is 0 Å². The number of nitrogens with one attached hydrogen (secondary N) is 1. The third-order valence-electron chi connectivity index (χ3n) is 3.28. The van der Waals surface area contributed by atoms with Crippen molar-refractivity contribution >= 4 is 5.69 Å². The summed E-state index contributed by atoms with van der Waals surface area (Å²) in [4.78, 5) is 4.48. The van der Waals surface area contributed by atoms with E-state index in [-0.39, 0.29) is 5.60 Å². The normalized spacial score (nSPS) is 23.4. The molecule has 3 heteroatoms.